The van der Waals surface area contributed by atoms with Gasteiger partial charge in [0.05, 0.1) is 0 Å². The van der Waals surface area contributed by atoms with E-state index in [2.05, 4.69) is 12.6 Å². The molecule has 0 heterocycles. The Balaban J connectivity index is 2.56. The predicted molar refractivity (Wildman–Crippen MR) is 93.8 cm³/mol. The lowest BCUT2D eigenvalue weighted by Crippen LogP contribution is -2.52. The first kappa shape index (κ1) is 17.3. The summed E-state index contributed by atoms with van der Waals surface area (Å²) in [6.07, 6.45) is 0.588. The van der Waals surface area contributed by atoms with E-state index in [9.17, 15) is 14.3 Å². The van der Waals surface area contributed by atoms with E-state index in [0.29, 0.717) is 23.2 Å². The van der Waals surface area contributed by atoms with Gasteiger partial charge >= 0.3 is 5.97 Å². The molecule has 0 amide bonds. The number of aryl methyl sites for hydroxylation is 1. The number of anilines is 1. The summed E-state index contributed by atoms with van der Waals surface area (Å²) in [5.41, 5.74) is 0.337. The summed E-state index contributed by atoms with van der Waals surface area (Å²) in [4.78, 5) is 13.7. The van der Waals surface area contributed by atoms with E-state index in [1.807, 2.05) is 13.0 Å². The van der Waals surface area contributed by atoms with Gasteiger partial charge in [-0.2, -0.15) is 12.6 Å². The molecule has 0 fully saturated rings. The van der Waals surface area contributed by atoms with E-state index < -0.39 is 11.5 Å². The van der Waals surface area contributed by atoms with Crippen molar-refractivity contribution < 1.29 is 14.3 Å². The third-order valence-corrected chi connectivity index (χ3v) is 4.67. The Hall–Kier alpha value is -2.01. The van der Waals surface area contributed by atoms with Crippen molar-refractivity contribution in [3.05, 3.63) is 65.5 Å². The summed E-state index contributed by atoms with van der Waals surface area (Å²) in [5.74, 6) is -1.30. The maximum Gasteiger partial charge on any atom is 0.335 e. The minimum absolute atomic E-state index is 0.0556. The molecule has 5 heteroatoms. The molecular formula is C18H20FNO2S. The van der Waals surface area contributed by atoms with Crippen molar-refractivity contribution in [1.29, 1.82) is 0 Å². The van der Waals surface area contributed by atoms with Crippen molar-refractivity contribution in [2.45, 2.75) is 18.9 Å². The number of hydrogen-bond donors (Lipinski definition) is 2. The lowest BCUT2D eigenvalue weighted by molar-refractivity contribution is -0.142. The van der Waals surface area contributed by atoms with Crippen LogP contribution in [0, 0.1) is 5.82 Å². The van der Waals surface area contributed by atoms with E-state index in [1.165, 1.54) is 6.07 Å². The number of thiol groups is 1. The zero-order chi connectivity index (χ0) is 17.0. The molecule has 23 heavy (non-hydrogen) atoms. The number of carboxylic acid groups (broad SMARTS) is 1. The van der Waals surface area contributed by atoms with Gasteiger partial charge in [-0.15, -0.1) is 0 Å². The van der Waals surface area contributed by atoms with Crippen LogP contribution in [0.25, 0.3) is 0 Å². The van der Waals surface area contributed by atoms with Gasteiger partial charge in [0.1, 0.15) is 5.82 Å². The van der Waals surface area contributed by atoms with E-state index >= 15 is 0 Å². The number of likely N-dealkylation sites (N-methyl/N-ethyl adjacent to an activating group) is 1. The van der Waals surface area contributed by atoms with Crippen LogP contribution in [0.3, 0.4) is 0 Å². The minimum Gasteiger partial charge on any atom is -0.479 e. The molecular weight excluding hydrogens is 313 g/mol. The Morgan fingerprint density at radius 2 is 1.91 bits per heavy atom. The van der Waals surface area contributed by atoms with Crippen LogP contribution < -0.4 is 4.90 Å². The normalized spacial score (nSPS) is 13.4. The highest BCUT2D eigenvalue weighted by Gasteiger charge is 2.43. The molecule has 0 aliphatic heterocycles. The summed E-state index contributed by atoms with van der Waals surface area (Å²) in [7, 11) is 1.65. The molecule has 0 radical (unpaired) electrons. The maximum atomic E-state index is 14.1. The number of hydrogen-bond acceptors (Lipinski definition) is 3. The van der Waals surface area contributed by atoms with Gasteiger partial charge in [0.2, 0.25) is 0 Å². The highest BCUT2D eigenvalue weighted by molar-refractivity contribution is 7.80. The molecule has 3 nitrogen and oxygen atoms in total. The molecule has 2 rings (SSSR count). The van der Waals surface area contributed by atoms with Crippen LogP contribution >= 0.6 is 12.6 Å². The molecule has 1 N–H and O–H groups in total. The first-order chi connectivity index (χ1) is 11.0. The minimum atomic E-state index is -1.37. The van der Waals surface area contributed by atoms with Gasteiger partial charge in [0.25, 0.3) is 0 Å². The fraction of sp³-hybridized carbons (Fsp3) is 0.278. The van der Waals surface area contributed by atoms with Gasteiger partial charge in [-0.05, 0) is 29.7 Å². The van der Waals surface area contributed by atoms with Crippen LogP contribution in [-0.2, 0) is 16.8 Å². The van der Waals surface area contributed by atoms with E-state index in [-0.39, 0.29) is 11.6 Å². The van der Waals surface area contributed by atoms with Gasteiger partial charge in [-0.1, -0.05) is 43.3 Å². The second-order valence-corrected chi connectivity index (χ2v) is 5.69. The molecule has 2 aromatic carbocycles. The molecule has 1 atom stereocenters. The summed E-state index contributed by atoms with van der Waals surface area (Å²) in [6, 6.07) is 13.7. The largest absolute Gasteiger partial charge is 0.479 e. The summed E-state index contributed by atoms with van der Waals surface area (Å²) < 4.78 is 14.1. The average molecular weight is 333 g/mol. The first-order valence-electron chi connectivity index (χ1n) is 7.39. The van der Waals surface area contributed by atoms with Gasteiger partial charge in [0.15, 0.2) is 5.54 Å². The third kappa shape index (κ3) is 3.06. The molecule has 0 spiro atoms. The summed E-state index contributed by atoms with van der Waals surface area (Å²) in [5, 5.41) is 9.89. The number of halogens is 1. The van der Waals surface area contributed by atoms with Crippen molar-refractivity contribution in [2.75, 3.05) is 17.7 Å². The van der Waals surface area contributed by atoms with Gasteiger partial charge in [-0.25, -0.2) is 9.18 Å². The number of carbonyl (C=O) groups is 1. The van der Waals surface area contributed by atoms with Crippen LogP contribution in [0.4, 0.5) is 10.1 Å². The van der Waals surface area contributed by atoms with Crippen molar-refractivity contribution in [3.63, 3.8) is 0 Å². The van der Waals surface area contributed by atoms with Crippen molar-refractivity contribution in [1.82, 2.24) is 0 Å². The Morgan fingerprint density at radius 1 is 1.26 bits per heavy atom. The number of nitrogens with zero attached hydrogens (tertiary/aromatic N) is 1. The monoisotopic (exact) mass is 333 g/mol. The Bertz CT molecular complexity index is 693. The van der Waals surface area contributed by atoms with Crippen LogP contribution in [0.2, 0.25) is 0 Å². The van der Waals surface area contributed by atoms with E-state index in [4.69, 9.17) is 0 Å². The fourth-order valence-electron chi connectivity index (χ4n) is 2.69. The van der Waals surface area contributed by atoms with Gasteiger partial charge < -0.3 is 10.0 Å². The molecule has 122 valence electrons. The maximum absolute atomic E-state index is 14.1. The predicted octanol–water partition coefficient (Wildman–Crippen LogP) is 3.73. The topological polar surface area (TPSA) is 40.5 Å². The SMILES string of the molecule is CCc1ccc(N(C)[C@](CS)(C(=O)O)c2ccccc2)cc1F. The van der Waals surface area contributed by atoms with Gasteiger partial charge in [0, 0.05) is 18.5 Å². The van der Waals surface area contributed by atoms with Crippen LogP contribution in [-0.4, -0.2) is 23.9 Å². The number of benzene rings is 2. The Labute approximate surface area is 141 Å². The highest BCUT2D eigenvalue weighted by atomic mass is 32.1. The van der Waals surface area contributed by atoms with Crippen molar-refractivity contribution in [2.24, 2.45) is 0 Å². The number of rotatable bonds is 6. The quantitative estimate of drug-likeness (QED) is 0.791. The lowest BCUT2D eigenvalue weighted by Gasteiger charge is -2.39. The summed E-state index contributed by atoms with van der Waals surface area (Å²) >= 11 is 4.29. The molecule has 2 aromatic rings. The van der Waals surface area contributed by atoms with E-state index in [0.717, 1.165) is 0 Å². The molecule has 0 aliphatic rings. The zero-order valence-corrected chi connectivity index (χ0v) is 14.1. The average Bonchev–Trinajstić information content (AvgIpc) is 2.56. The molecule has 0 aromatic heterocycles. The summed E-state index contributed by atoms with van der Waals surface area (Å²) in [6.45, 7) is 1.88. The van der Waals surface area contributed by atoms with Crippen molar-refractivity contribution in [3.8, 4) is 0 Å². The highest BCUT2D eigenvalue weighted by Crippen LogP contribution is 2.34. The fourth-order valence-corrected chi connectivity index (χ4v) is 3.22. The molecule has 0 aliphatic carbocycles. The zero-order valence-electron chi connectivity index (χ0n) is 13.2. The second kappa shape index (κ2) is 7.04. The Morgan fingerprint density at radius 3 is 2.39 bits per heavy atom. The number of carboxylic acids is 1. The Kier molecular flexibility index (Phi) is 5.31. The molecule has 0 saturated heterocycles. The van der Waals surface area contributed by atoms with Gasteiger partial charge in [-0.3, -0.25) is 0 Å². The van der Waals surface area contributed by atoms with E-state index in [1.54, 1.807) is 48.3 Å². The molecule has 0 bridgehead atoms. The molecule has 0 unspecified atom stereocenters. The van der Waals surface area contributed by atoms with Crippen LogP contribution in [0.5, 0.6) is 0 Å². The smallest absolute Gasteiger partial charge is 0.335 e. The number of aliphatic carboxylic acids is 1. The van der Waals surface area contributed by atoms with Crippen molar-refractivity contribution >= 4 is 24.3 Å². The second-order valence-electron chi connectivity index (χ2n) is 5.38. The lowest BCUT2D eigenvalue weighted by atomic mass is 9.89. The standard InChI is InChI=1S/C18H20FNO2S/c1-3-13-9-10-15(11-16(13)19)20(2)18(12-23,17(21)22)14-7-5-4-6-8-14/h4-11,23H,3,12H2,1-2H3,(H,21,22)/t18-/m0/s1. The van der Waals surface area contributed by atoms with Crippen LogP contribution in [0.1, 0.15) is 18.1 Å². The molecule has 0 saturated carbocycles. The third-order valence-electron chi connectivity index (χ3n) is 4.21. The first-order valence-corrected chi connectivity index (χ1v) is 8.02. The van der Waals surface area contributed by atoms with Crippen LogP contribution in [0.15, 0.2) is 48.5 Å².